The van der Waals surface area contributed by atoms with E-state index in [0.717, 1.165) is 26.3 Å². The molecule has 0 spiro atoms. The van der Waals surface area contributed by atoms with Gasteiger partial charge in [0.1, 0.15) is 0 Å². The van der Waals surface area contributed by atoms with Crippen molar-refractivity contribution in [3.63, 3.8) is 0 Å². The Balaban J connectivity index is 2.78. The van der Waals surface area contributed by atoms with E-state index in [9.17, 15) is 0 Å². The van der Waals surface area contributed by atoms with Crippen LogP contribution in [0.5, 0.6) is 0 Å². The van der Waals surface area contributed by atoms with E-state index in [1.807, 2.05) is 0 Å². The van der Waals surface area contributed by atoms with Gasteiger partial charge in [-0.2, -0.15) is 0 Å². The van der Waals surface area contributed by atoms with Crippen LogP contribution in [0.2, 0.25) is 0 Å². The molecule has 0 aliphatic rings. The lowest BCUT2D eigenvalue weighted by Crippen LogP contribution is -2.19. The molecule has 0 heterocycles. The molecule has 0 aromatic heterocycles. The summed E-state index contributed by atoms with van der Waals surface area (Å²) in [4.78, 5) is 0. The van der Waals surface area contributed by atoms with Gasteiger partial charge in [-0.3, -0.25) is 0 Å². The second kappa shape index (κ2) is 12.9. The van der Waals surface area contributed by atoms with Crippen LogP contribution in [0, 0.1) is 0 Å². The van der Waals surface area contributed by atoms with Crippen LogP contribution in [0.4, 0.5) is 0 Å². The Morgan fingerprint density at radius 2 is 1.57 bits per heavy atom. The van der Waals surface area contributed by atoms with Crippen molar-refractivity contribution < 1.29 is 4.74 Å². The Morgan fingerprint density at radius 3 is 2.29 bits per heavy atom. The third-order valence-corrected chi connectivity index (χ3v) is 2.32. The monoisotopic (exact) mass is 201 g/mol. The fraction of sp³-hybridized carbons (Fsp3) is 1.00. The topological polar surface area (TPSA) is 21.3 Å². The summed E-state index contributed by atoms with van der Waals surface area (Å²) in [5, 5.41) is 3.24. The van der Waals surface area contributed by atoms with E-state index >= 15 is 0 Å². The first-order valence-electron chi connectivity index (χ1n) is 6.20. The number of hydrogen-bond donors (Lipinski definition) is 1. The van der Waals surface area contributed by atoms with Gasteiger partial charge in [-0.25, -0.2) is 0 Å². The van der Waals surface area contributed by atoms with Crippen molar-refractivity contribution in [3.05, 3.63) is 0 Å². The maximum atomic E-state index is 5.48. The molecule has 86 valence electrons. The Morgan fingerprint density at radius 1 is 0.857 bits per heavy atom. The van der Waals surface area contributed by atoms with Crippen molar-refractivity contribution >= 4 is 0 Å². The number of hydrogen-bond acceptors (Lipinski definition) is 2. The van der Waals surface area contributed by atoms with Gasteiger partial charge in [0.05, 0.1) is 6.61 Å². The smallest absolute Gasteiger partial charge is 0.0590 e. The third-order valence-electron chi connectivity index (χ3n) is 2.32. The summed E-state index contributed by atoms with van der Waals surface area (Å²) in [6, 6.07) is 0. The molecule has 0 saturated heterocycles. The van der Waals surface area contributed by atoms with Gasteiger partial charge in [-0.15, -0.1) is 0 Å². The first-order chi connectivity index (χ1) is 6.91. The first kappa shape index (κ1) is 13.9. The van der Waals surface area contributed by atoms with Gasteiger partial charge < -0.3 is 10.1 Å². The summed E-state index contributed by atoms with van der Waals surface area (Å²) in [7, 11) is 0. The molecule has 0 unspecified atom stereocenters. The van der Waals surface area contributed by atoms with Crippen LogP contribution in [0.1, 0.15) is 52.4 Å². The quantitative estimate of drug-likeness (QED) is 0.519. The van der Waals surface area contributed by atoms with E-state index in [1.165, 1.54) is 38.5 Å². The van der Waals surface area contributed by atoms with Crippen molar-refractivity contribution in [3.8, 4) is 0 Å². The highest BCUT2D eigenvalue weighted by molar-refractivity contribution is 4.44. The normalized spacial score (nSPS) is 10.7. The number of nitrogens with one attached hydrogen (secondary N) is 1. The highest BCUT2D eigenvalue weighted by Gasteiger charge is 1.90. The van der Waals surface area contributed by atoms with Gasteiger partial charge in [0, 0.05) is 13.2 Å². The summed E-state index contributed by atoms with van der Waals surface area (Å²) >= 11 is 0. The van der Waals surface area contributed by atoms with Crippen molar-refractivity contribution in [1.82, 2.24) is 5.32 Å². The molecule has 0 bridgehead atoms. The predicted octanol–water partition coefficient (Wildman–Crippen LogP) is 2.97. The average Bonchev–Trinajstić information content (AvgIpc) is 2.21. The molecule has 0 aromatic carbocycles. The van der Waals surface area contributed by atoms with Gasteiger partial charge in [-0.05, 0) is 13.0 Å². The standard InChI is InChI=1S/C12H27NO/c1-3-5-6-7-8-9-11-14-12-10-13-4-2/h13H,3-12H2,1-2H3. The highest BCUT2D eigenvalue weighted by Crippen LogP contribution is 2.04. The average molecular weight is 201 g/mol. The molecule has 2 nitrogen and oxygen atoms in total. The molecule has 0 aromatic rings. The summed E-state index contributed by atoms with van der Waals surface area (Å²) < 4.78 is 5.48. The van der Waals surface area contributed by atoms with Gasteiger partial charge >= 0.3 is 0 Å². The van der Waals surface area contributed by atoms with E-state index in [4.69, 9.17) is 4.74 Å². The maximum absolute atomic E-state index is 5.48. The highest BCUT2D eigenvalue weighted by atomic mass is 16.5. The van der Waals surface area contributed by atoms with Gasteiger partial charge in [-0.1, -0.05) is 46.0 Å². The molecule has 0 aliphatic carbocycles. The Hall–Kier alpha value is -0.0800. The van der Waals surface area contributed by atoms with E-state index < -0.39 is 0 Å². The summed E-state index contributed by atoms with van der Waals surface area (Å²) in [5.41, 5.74) is 0. The van der Waals surface area contributed by atoms with Crippen LogP contribution >= 0.6 is 0 Å². The summed E-state index contributed by atoms with van der Waals surface area (Å²) in [6.07, 6.45) is 8.07. The van der Waals surface area contributed by atoms with E-state index in [-0.39, 0.29) is 0 Å². The largest absolute Gasteiger partial charge is 0.380 e. The van der Waals surface area contributed by atoms with Crippen molar-refractivity contribution in [2.75, 3.05) is 26.3 Å². The lowest BCUT2D eigenvalue weighted by atomic mass is 10.1. The second-order valence-corrected chi connectivity index (χ2v) is 3.73. The molecular weight excluding hydrogens is 174 g/mol. The number of ether oxygens (including phenoxy) is 1. The zero-order chi connectivity index (χ0) is 10.5. The second-order valence-electron chi connectivity index (χ2n) is 3.73. The molecule has 0 radical (unpaired) electrons. The minimum Gasteiger partial charge on any atom is -0.380 e. The molecular formula is C12H27NO. The van der Waals surface area contributed by atoms with Crippen LogP contribution in [-0.4, -0.2) is 26.3 Å². The van der Waals surface area contributed by atoms with Crippen LogP contribution in [0.3, 0.4) is 0 Å². The van der Waals surface area contributed by atoms with E-state index in [1.54, 1.807) is 0 Å². The van der Waals surface area contributed by atoms with Crippen LogP contribution in [0.25, 0.3) is 0 Å². The van der Waals surface area contributed by atoms with Crippen LogP contribution in [-0.2, 0) is 4.74 Å². The molecule has 14 heavy (non-hydrogen) atoms. The van der Waals surface area contributed by atoms with Crippen molar-refractivity contribution in [1.29, 1.82) is 0 Å². The molecule has 0 rings (SSSR count). The zero-order valence-corrected chi connectivity index (χ0v) is 9.98. The fourth-order valence-corrected chi connectivity index (χ4v) is 1.41. The zero-order valence-electron chi connectivity index (χ0n) is 9.98. The fourth-order valence-electron chi connectivity index (χ4n) is 1.41. The molecule has 1 N–H and O–H groups in total. The minimum absolute atomic E-state index is 0.864. The third kappa shape index (κ3) is 11.9. The Labute approximate surface area is 89.4 Å². The SMILES string of the molecule is CCCCCCCCOCCNCC. The Bertz CT molecular complexity index is 84.3. The maximum Gasteiger partial charge on any atom is 0.0590 e. The van der Waals surface area contributed by atoms with Gasteiger partial charge in [0.15, 0.2) is 0 Å². The molecule has 0 aliphatic heterocycles. The van der Waals surface area contributed by atoms with Gasteiger partial charge in [0.25, 0.3) is 0 Å². The molecule has 0 saturated carbocycles. The minimum atomic E-state index is 0.864. The van der Waals surface area contributed by atoms with E-state index in [0.29, 0.717) is 0 Å². The number of unbranched alkanes of at least 4 members (excludes halogenated alkanes) is 5. The van der Waals surface area contributed by atoms with Crippen molar-refractivity contribution in [2.45, 2.75) is 52.4 Å². The molecule has 0 amide bonds. The van der Waals surface area contributed by atoms with Gasteiger partial charge in [0.2, 0.25) is 0 Å². The summed E-state index contributed by atoms with van der Waals surface area (Å²) in [6.45, 7) is 8.21. The predicted molar refractivity (Wildman–Crippen MR) is 62.7 cm³/mol. The first-order valence-corrected chi connectivity index (χ1v) is 6.20. The lowest BCUT2D eigenvalue weighted by Gasteiger charge is -2.04. The molecule has 2 heteroatoms. The molecule has 0 atom stereocenters. The molecule has 0 fully saturated rings. The van der Waals surface area contributed by atoms with Crippen LogP contribution in [0.15, 0.2) is 0 Å². The van der Waals surface area contributed by atoms with E-state index in [2.05, 4.69) is 19.2 Å². The lowest BCUT2D eigenvalue weighted by molar-refractivity contribution is 0.132. The number of likely N-dealkylation sites (N-methyl/N-ethyl adjacent to an activating group) is 1. The summed E-state index contributed by atoms with van der Waals surface area (Å²) in [5.74, 6) is 0. The van der Waals surface area contributed by atoms with Crippen molar-refractivity contribution in [2.24, 2.45) is 0 Å². The number of rotatable bonds is 11. The van der Waals surface area contributed by atoms with Crippen LogP contribution < -0.4 is 5.32 Å². The Kier molecular flexibility index (Phi) is 12.8.